The van der Waals surface area contributed by atoms with Gasteiger partial charge in [0.2, 0.25) is 17.7 Å². The summed E-state index contributed by atoms with van der Waals surface area (Å²) in [4.78, 5) is 174. The number of ether oxygens (including phenoxy) is 7. The number of carbonyl (C=O) groups excluding carboxylic acids is 13. The van der Waals surface area contributed by atoms with Crippen LogP contribution in [-0.4, -0.2) is 363 Å². The Hall–Kier alpha value is -9.77. The first-order valence-corrected chi connectivity index (χ1v) is 48.5. The van der Waals surface area contributed by atoms with E-state index < -0.39 is 71.7 Å². The van der Waals surface area contributed by atoms with Crippen molar-refractivity contribution in [3.63, 3.8) is 0 Å². The summed E-state index contributed by atoms with van der Waals surface area (Å²) in [5.74, 6) is 11.6. The number of amides is 8. The van der Waals surface area contributed by atoms with Crippen LogP contribution >= 0.6 is 0 Å². The number of likely N-dealkylation sites (N-methyl/N-ethyl adjacent to an activating group) is 5. The van der Waals surface area contributed by atoms with Gasteiger partial charge in [-0.3, -0.25) is 60.4 Å². The number of nitrogens with one attached hydrogen (secondary N) is 7. The van der Waals surface area contributed by atoms with Gasteiger partial charge in [0.1, 0.15) is 42.4 Å². The zero-order valence-electron chi connectivity index (χ0n) is 92.5. The van der Waals surface area contributed by atoms with Crippen LogP contribution in [0.2, 0.25) is 0 Å². The number of hydrogen-bond donors (Lipinski definition) is 11. The van der Waals surface area contributed by atoms with E-state index in [4.69, 9.17) is 29.9 Å². The molecule has 46 heteroatoms. The Morgan fingerprint density at radius 2 is 0.986 bits per heavy atom. The third kappa shape index (κ3) is 51.2. The van der Waals surface area contributed by atoms with Gasteiger partial charge in [-0.25, -0.2) is 34.6 Å². The molecule has 44 nitrogen and oxygen atoms in total. The van der Waals surface area contributed by atoms with E-state index in [-0.39, 0.29) is 150 Å². The topological polar surface area (TPSA) is 583 Å². The molecule has 4 fully saturated rings. The maximum Gasteiger partial charge on any atom is 1.00 e. The van der Waals surface area contributed by atoms with Crippen LogP contribution in [0.1, 0.15) is 285 Å². The van der Waals surface area contributed by atoms with Crippen LogP contribution in [0.3, 0.4) is 0 Å². The summed E-state index contributed by atoms with van der Waals surface area (Å²) in [6.45, 7) is 52.9. The van der Waals surface area contributed by atoms with E-state index in [1.807, 2.05) is 65.2 Å². The minimum atomic E-state index is -1.10. The van der Waals surface area contributed by atoms with Crippen LogP contribution in [0.4, 0.5) is 9.59 Å². The fourth-order valence-electron chi connectivity index (χ4n) is 14.7. The Balaban J connectivity index is -0.000000520. The molecular weight excluding hydrogens is 1860 g/mol. The van der Waals surface area contributed by atoms with Gasteiger partial charge in [-0.2, -0.15) is 0 Å². The van der Waals surface area contributed by atoms with E-state index in [0.717, 1.165) is 70.1 Å². The molecule has 7 heterocycles. The monoisotopic (exact) mass is 2040 g/mol. The van der Waals surface area contributed by atoms with Gasteiger partial charge < -0.3 is 96.1 Å². The number of aliphatic carboxylic acids is 1. The molecule has 4 aliphatic rings. The maximum absolute atomic E-state index is 13.0. The minimum Gasteiger partial charge on any atom is -1.00 e. The second-order valence-corrected chi connectivity index (χ2v) is 37.9. The summed E-state index contributed by atoms with van der Waals surface area (Å²) < 4.78 is 33.1. The summed E-state index contributed by atoms with van der Waals surface area (Å²) in [6.07, 6.45) is 7.31. The number of carbonyl (C=O) groups is 14. The number of nitrogens with zero attached hydrogens (tertiary/aromatic N) is 12. The fraction of sp³-hybridized carbons (Fsp3) is 0.732. The van der Waals surface area contributed by atoms with Crippen molar-refractivity contribution < 1.29 is 126 Å². The number of aromatic nitrogens is 6. The van der Waals surface area contributed by atoms with Crippen LogP contribution in [0, 0.1) is 47.3 Å². The summed E-state index contributed by atoms with van der Waals surface area (Å²) in [7, 11) is 15.9. The number of hydrazine groups is 2. The van der Waals surface area contributed by atoms with E-state index in [0.29, 0.717) is 97.8 Å². The molecular formula is C97H178AlLiN22O22. The molecule has 143 heavy (non-hydrogen) atoms. The van der Waals surface area contributed by atoms with Crippen LogP contribution in [0.15, 0.2) is 18.2 Å². The first-order chi connectivity index (χ1) is 66.1. The first-order valence-electron chi connectivity index (χ1n) is 48.5. The van der Waals surface area contributed by atoms with Gasteiger partial charge in [-0.15, -0.1) is 30.6 Å². The molecule has 0 bridgehead atoms. The second-order valence-electron chi connectivity index (χ2n) is 37.9. The molecule has 6 unspecified atom stereocenters. The van der Waals surface area contributed by atoms with Crippen molar-refractivity contribution in [2.75, 3.05) is 149 Å². The molecule has 0 saturated carbocycles. The largest absolute Gasteiger partial charge is 1.00 e. The Morgan fingerprint density at radius 3 is 1.41 bits per heavy atom. The van der Waals surface area contributed by atoms with E-state index in [9.17, 15) is 67.1 Å². The van der Waals surface area contributed by atoms with E-state index in [1.54, 1.807) is 72.7 Å². The maximum atomic E-state index is 13.0. The van der Waals surface area contributed by atoms with Crippen LogP contribution in [0.5, 0.6) is 0 Å². The van der Waals surface area contributed by atoms with Gasteiger partial charge in [0.25, 0.3) is 17.7 Å². The van der Waals surface area contributed by atoms with E-state index in [1.165, 1.54) is 73.1 Å². The van der Waals surface area contributed by atoms with Gasteiger partial charge in [0, 0.05) is 91.1 Å². The molecule has 14 N–H and O–H groups in total. The number of hydrogen-bond acceptors (Lipinski definition) is 35. The Labute approximate surface area is 873 Å². The summed E-state index contributed by atoms with van der Waals surface area (Å²) in [5.41, 5.74) is 4.07. The summed E-state index contributed by atoms with van der Waals surface area (Å²) in [5, 5.41) is 48.5. The van der Waals surface area contributed by atoms with Gasteiger partial charge >= 0.3 is 66.9 Å². The van der Waals surface area contributed by atoms with Crippen LogP contribution in [-0.2, 0) is 81.2 Å². The molecule has 4 aliphatic heterocycles. The van der Waals surface area contributed by atoms with Crippen LogP contribution < -0.4 is 73.7 Å². The molecule has 12 atom stereocenters. The molecule has 4 saturated heterocycles. The number of nitrogens with two attached hydrogens (primary N) is 3. The van der Waals surface area contributed by atoms with E-state index in [2.05, 4.69) is 180 Å². The van der Waals surface area contributed by atoms with Crippen LogP contribution in [0.25, 0.3) is 0 Å². The molecule has 0 spiro atoms. The Kier molecular flexibility index (Phi) is 71.5. The van der Waals surface area contributed by atoms with Gasteiger partial charge in [-0.05, 0) is 164 Å². The molecule has 0 aromatic carbocycles. The predicted octanol–water partition coefficient (Wildman–Crippen LogP) is 2.63. The molecule has 0 aliphatic carbocycles. The molecule has 0 radical (unpaired) electrons. The fourth-order valence-corrected chi connectivity index (χ4v) is 14.7. The SMILES string of the molecule is CC(C)(C)OC(=O)NCC(=O)O.CCC(C)[C@@H](C(=O)OC)N(C)C(=O)CNC(=O)OC(C)(C)C.CCC(C)[C@H](NC)C(=O)OC.CCC(C)[C@H]1C(=O)NCC(=O)N1C.CCC(C)[C@H]1CN(C(=O)c2cc(CC(C)C)c(C(=O)NN)nn2)CCN1C.CCC(C)[C@H]1CN(C(=O)c2cc(CC(C)C)c(C(=O)OC)nn2)CCN1.CCC(C)[C@H]1CNCCN1C.CCCc1cc(C(=O)OC)nnc1C(=O)OC.NN.[AlH3].[H-].[Li+]. The molecule has 812 valence electrons. The van der Waals surface area contributed by atoms with Crippen molar-refractivity contribution in [2.24, 2.45) is 64.9 Å². The number of rotatable bonds is 32. The number of methoxy groups -OCH3 is 5. The number of aryl methyl sites for hydroxylation is 1. The van der Waals surface area contributed by atoms with Crippen molar-refractivity contribution in [3.05, 3.63) is 69.1 Å². The zero-order valence-corrected chi connectivity index (χ0v) is 91.5. The zero-order chi connectivity index (χ0) is 109. The molecule has 3 aromatic heterocycles. The number of piperazine rings is 4. The summed E-state index contributed by atoms with van der Waals surface area (Å²) in [6, 6.07) is 5.15. The number of carboxylic acid groups (broad SMARTS) is 1. The number of nitrogen functional groups attached to an aromatic ring is 1. The van der Waals surface area contributed by atoms with Crippen molar-refractivity contribution in [1.29, 1.82) is 0 Å². The standard InChI is InChI=1S/C19H32N6O2.C19H30N4O3.C15H28N2O5.C11H14N2O4.C9H16N2O2.C9H20N2.C8H17NO2.C7H13NO4.Al.Li.H4N2.4H/c1-6-13(4)16-11-25(8-7-24(16)5)19(27)15-10-14(9-12(2)3)17(23-22-15)18(26)21-20;1-6-13(4)16-11-23(8-7-20-16)18(24)15-10-14(9-12(2)3)17(22-21-15)19(25)26-5;1-8-10(2)12(13(19)21-7)17(6)11(18)9-16-14(20)22-15(3,4)5;1-4-5-7-6-8(10(14)16-2)12-13-9(7)11(15)17-3;1-4-6(2)8-9(13)10-5-7(12)11(8)3;1-4-8(2)9-7-10-5-6-11(9)3;1-5-6(2)7(9-3)8(10)11-4;1-7(2,3)12-6(11)8-4-5(9)10;;;1-2;;;;/h10,12-13,16H,6-9,11,20H2,1-5H3,(H,21,26);10,12-13,16,20H,6-9,11H2,1-5H3;10,12H,8-9H2,1-7H3,(H,16,20);6H,4-5H2,1-3H3;6,8H,4-5H2,1-3H3,(H,10,13);8-10H,4-7H2,1-3H3;6-7,9H,5H2,1-4H3;4H2,1-3H3,(H,8,11)(H,9,10);;;1-2H2;;;;/q;;;;;;;;;+1;;;;;-1/t2*13?,16-;10?,12-;;6?,8-;8?,9-;6?,7-;;;;;;;;/m110.010......../s1. The molecule has 8 amide bonds. The predicted molar refractivity (Wildman–Crippen MR) is 547 cm³/mol. The average Bonchev–Trinajstić information content (AvgIpc) is 0.807. The normalized spacial score (nSPS) is 17.1. The van der Waals surface area contributed by atoms with Crippen molar-refractivity contribution in [2.45, 2.75) is 271 Å². The first kappa shape index (κ1) is 139. The number of esters is 5. The van der Waals surface area contributed by atoms with Crippen molar-refractivity contribution in [1.82, 2.24) is 97.3 Å². The summed E-state index contributed by atoms with van der Waals surface area (Å²) >= 11 is 0. The molecule has 3 aromatic rings. The third-order valence-electron chi connectivity index (χ3n) is 24.0. The Morgan fingerprint density at radius 1 is 0.545 bits per heavy atom. The van der Waals surface area contributed by atoms with Gasteiger partial charge in [0.15, 0.2) is 51.5 Å². The Bertz CT molecular complexity index is 4350. The number of carboxylic acids is 1. The van der Waals surface area contributed by atoms with E-state index >= 15 is 0 Å². The van der Waals surface area contributed by atoms with Crippen molar-refractivity contribution in [3.8, 4) is 0 Å². The van der Waals surface area contributed by atoms with Gasteiger partial charge in [-0.1, -0.05) is 163 Å². The molecule has 7 rings (SSSR count). The smallest absolute Gasteiger partial charge is 1.00 e. The average molecular weight is 2040 g/mol. The number of alkyl carbamates (subject to hydrolysis) is 2. The van der Waals surface area contributed by atoms with Crippen molar-refractivity contribution >= 4 is 101 Å². The third-order valence-corrected chi connectivity index (χ3v) is 24.0. The second kappa shape index (κ2) is 73.3. The van der Waals surface area contributed by atoms with Gasteiger partial charge in [0.05, 0.1) is 42.1 Å². The quantitative estimate of drug-likeness (QED) is 0.0107. The minimum absolute atomic E-state index is 0.